The minimum absolute atomic E-state index is 0.702. The zero-order valence-electron chi connectivity index (χ0n) is 14.4. The molecule has 24 heavy (non-hydrogen) atoms. The summed E-state index contributed by atoms with van der Waals surface area (Å²) in [7, 11) is 1.87. The van der Waals surface area contributed by atoms with Crippen molar-refractivity contribution in [1.29, 1.82) is 0 Å². The average molecular weight is 344 g/mol. The average Bonchev–Trinajstić information content (AvgIpc) is 3.17. The molecular weight excluding hydrogens is 318 g/mol. The number of aliphatic imine (C=N–C) groups is 1. The molecule has 1 unspecified atom stereocenters. The van der Waals surface area contributed by atoms with Gasteiger partial charge in [0.05, 0.1) is 5.69 Å². The third-order valence-corrected chi connectivity index (χ3v) is 5.66. The van der Waals surface area contributed by atoms with Crippen molar-refractivity contribution in [3.05, 3.63) is 48.3 Å². The molecule has 128 valence electrons. The van der Waals surface area contributed by atoms with Crippen molar-refractivity contribution >= 4 is 17.7 Å². The van der Waals surface area contributed by atoms with Gasteiger partial charge in [0.25, 0.3) is 0 Å². The quantitative estimate of drug-likeness (QED) is 0.685. The molecule has 2 heterocycles. The summed E-state index contributed by atoms with van der Waals surface area (Å²) in [4.78, 5) is 6.86. The number of aromatic nitrogens is 2. The molecule has 5 nitrogen and oxygen atoms in total. The highest BCUT2D eigenvalue weighted by molar-refractivity contribution is 8.00. The molecule has 6 heteroatoms. The first-order valence-corrected chi connectivity index (χ1v) is 9.51. The largest absolute Gasteiger partial charge is 0.352 e. The first-order chi connectivity index (χ1) is 11.8. The minimum atomic E-state index is 0.702. The van der Waals surface area contributed by atoms with Crippen LogP contribution in [0.15, 0.2) is 47.7 Å². The summed E-state index contributed by atoms with van der Waals surface area (Å²) in [6.45, 7) is 5.13. The van der Waals surface area contributed by atoms with Crippen molar-refractivity contribution < 1.29 is 0 Å². The van der Waals surface area contributed by atoms with Crippen LogP contribution in [0.1, 0.15) is 18.9 Å². The highest BCUT2D eigenvalue weighted by atomic mass is 32.2. The van der Waals surface area contributed by atoms with Gasteiger partial charge < -0.3 is 10.2 Å². The molecule has 1 aliphatic heterocycles. The van der Waals surface area contributed by atoms with E-state index in [1.54, 1.807) is 6.20 Å². The molecule has 0 bridgehead atoms. The van der Waals surface area contributed by atoms with Gasteiger partial charge in [-0.25, -0.2) is 4.68 Å². The second-order valence-corrected chi connectivity index (χ2v) is 7.24. The fourth-order valence-electron chi connectivity index (χ4n) is 2.96. The van der Waals surface area contributed by atoms with Crippen molar-refractivity contribution in [1.82, 2.24) is 20.0 Å². The third-order valence-electron chi connectivity index (χ3n) is 4.29. The van der Waals surface area contributed by atoms with Crippen LogP contribution in [0.2, 0.25) is 0 Å². The lowest BCUT2D eigenvalue weighted by Crippen LogP contribution is -2.47. The van der Waals surface area contributed by atoms with Crippen molar-refractivity contribution in [2.45, 2.75) is 25.1 Å². The van der Waals surface area contributed by atoms with Crippen LogP contribution in [0.4, 0.5) is 0 Å². The molecule has 1 aromatic heterocycles. The van der Waals surface area contributed by atoms with E-state index in [9.17, 15) is 0 Å². The molecule has 1 saturated heterocycles. The Bertz CT molecular complexity index is 668. The molecule has 0 radical (unpaired) electrons. The molecular formula is C18H25N5S. The molecule has 1 fully saturated rings. The van der Waals surface area contributed by atoms with Gasteiger partial charge in [-0.05, 0) is 24.1 Å². The van der Waals surface area contributed by atoms with E-state index in [4.69, 9.17) is 0 Å². The van der Waals surface area contributed by atoms with Crippen LogP contribution >= 0.6 is 11.8 Å². The van der Waals surface area contributed by atoms with Crippen molar-refractivity contribution in [3.63, 3.8) is 0 Å². The Morgan fingerprint density at radius 3 is 3.00 bits per heavy atom. The molecule has 3 rings (SSSR count). The summed E-state index contributed by atoms with van der Waals surface area (Å²) in [5, 5.41) is 8.58. The lowest BCUT2D eigenvalue weighted by Gasteiger charge is -2.34. The van der Waals surface area contributed by atoms with Gasteiger partial charge in [0.15, 0.2) is 5.96 Å². The topological polar surface area (TPSA) is 45.5 Å². The maximum Gasteiger partial charge on any atom is 0.193 e. The molecule has 0 spiro atoms. The standard InChI is InChI=1S/C18H25N5S/c1-3-16-14-22(11-12-24-16)18(19-2)20-13-15-7-4-5-8-17(15)23-10-6-9-21-23/h4-10,16H,3,11-14H2,1-2H3,(H,19,20). The van der Waals surface area contributed by atoms with Crippen LogP contribution < -0.4 is 5.32 Å². The number of hydrogen-bond acceptors (Lipinski definition) is 3. The molecule has 1 N–H and O–H groups in total. The maximum absolute atomic E-state index is 4.49. The number of thioether (sulfide) groups is 1. The number of benzene rings is 1. The van der Waals surface area contributed by atoms with Gasteiger partial charge in [-0.3, -0.25) is 4.99 Å². The summed E-state index contributed by atoms with van der Waals surface area (Å²) in [5.41, 5.74) is 2.31. The molecule has 0 amide bonds. The van der Waals surface area contributed by atoms with Crippen LogP contribution in [-0.4, -0.2) is 51.8 Å². The van der Waals surface area contributed by atoms with E-state index in [1.807, 2.05) is 30.1 Å². The Balaban J connectivity index is 1.69. The highest BCUT2D eigenvalue weighted by Crippen LogP contribution is 2.21. The lowest BCUT2D eigenvalue weighted by molar-refractivity contribution is 0.408. The van der Waals surface area contributed by atoms with Crippen LogP contribution in [0.3, 0.4) is 0 Å². The van der Waals surface area contributed by atoms with Gasteiger partial charge in [0.2, 0.25) is 0 Å². The van der Waals surface area contributed by atoms with E-state index in [0.717, 1.165) is 31.3 Å². The van der Waals surface area contributed by atoms with Gasteiger partial charge in [0, 0.05) is 50.1 Å². The molecule has 1 aromatic carbocycles. The Morgan fingerprint density at radius 2 is 2.25 bits per heavy atom. The molecule has 0 aliphatic carbocycles. The number of rotatable bonds is 4. The predicted octanol–water partition coefficient (Wildman–Crippen LogP) is 2.78. The fraction of sp³-hybridized carbons (Fsp3) is 0.444. The van der Waals surface area contributed by atoms with Crippen LogP contribution in [0, 0.1) is 0 Å². The Morgan fingerprint density at radius 1 is 1.38 bits per heavy atom. The summed E-state index contributed by atoms with van der Waals surface area (Å²) in [6, 6.07) is 10.3. The van der Waals surface area contributed by atoms with Gasteiger partial charge in [-0.1, -0.05) is 25.1 Å². The Kier molecular flexibility index (Phi) is 5.80. The van der Waals surface area contributed by atoms with Crippen molar-refractivity contribution in [2.24, 2.45) is 4.99 Å². The summed E-state index contributed by atoms with van der Waals surface area (Å²) < 4.78 is 1.91. The predicted molar refractivity (Wildman–Crippen MR) is 102 cm³/mol. The van der Waals surface area contributed by atoms with Crippen LogP contribution in [-0.2, 0) is 6.54 Å². The molecule has 1 aliphatic rings. The van der Waals surface area contributed by atoms with Crippen molar-refractivity contribution in [2.75, 3.05) is 25.9 Å². The maximum atomic E-state index is 4.49. The zero-order chi connectivity index (χ0) is 16.8. The summed E-state index contributed by atoms with van der Waals surface area (Å²) >= 11 is 2.07. The molecule has 0 saturated carbocycles. The number of nitrogens with one attached hydrogen (secondary N) is 1. The van der Waals surface area contributed by atoms with Gasteiger partial charge in [0.1, 0.15) is 0 Å². The zero-order valence-corrected chi connectivity index (χ0v) is 15.2. The minimum Gasteiger partial charge on any atom is -0.352 e. The monoisotopic (exact) mass is 343 g/mol. The summed E-state index contributed by atoms with van der Waals surface area (Å²) in [5.74, 6) is 2.16. The van der Waals surface area contributed by atoms with Gasteiger partial charge in [-0.15, -0.1) is 0 Å². The molecule has 1 atom stereocenters. The first kappa shape index (κ1) is 16.9. The number of hydrogen-bond donors (Lipinski definition) is 1. The summed E-state index contributed by atoms with van der Waals surface area (Å²) in [6.07, 6.45) is 4.99. The lowest BCUT2D eigenvalue weighted by atomic mass is 10.2. The molecule has 2 aromatic rings. The second-order valence-electron chi connectivity index (χ2n) is 5.83. The highest BCUT2D eigenvalue weighted by Gasteiger charge is 2.21. The van der Waals surface area contributed by atoms with E-state index >= 15 is 0 Å². The normalized spacial score (nSPS) is 18.7. The smallest absolute Gasteiger partial charge is 0.193 e. The number of nitrogens with zero attached hydrogens (tertiary/aromatic N) is 4. The third kappa shape index (κ3) is 3.93. The fourth-order valence-corrected chi connectivity index (χ4v) is 4.14. The van der Waals surface area contributed by atoms with Crippen LogP contribution in [0.25, 0.3) is 5.69 Å². The van der Waals surface area contributed by atoms with Gasteiger partial charge in [-0.2, -0.15) is 16.9 Å². The van der Waals surface area contributed by atoms with Gasteiger partial charge >= 0.3 is 0 Å². The second kappa shape index (κ2) is 8.24. The first-order valence-electron chi connectivity index (χ1n) is 8.47. The van der Waals surface area contributed by atoms with E-state index in [0.29, 0.717) is 5.25 Å². The van der Waals surface area contributed by atoms with E-state index in [2.05, 4.69) is 57.2 Å². The number of guanidine groups is 1. The van der Waals surface area contributed by atoms with E-state index in [1.165, 1.54) is 17.7 Å². The van der Waals surface area contributed by atoms with Crippen molar-refractivity contribution in [3.8, 4) is 5.69 Å². The number of para-hydroxylation sites is 1. The SMILES string of the molecule is CCC1CN(C(=NC)NCc2ccccc2-n2cccn2)CCS1. The Labute approximate surface area is 148 Å². The van der Waals surface area contributed by atoms with E-state index < -0.39 is 0 Å². The van der Waals surface area contributed by atoms with Crippen LogP contribution in [0.5, 0.6) is 0 Å². The van der Waals surface area contributed by atoms with E-state index in [-0.39, 0.29) is 0 Å². The Hall–Kier alpha value is -1.95.